The van der Waals surface area contributed by atoms with Crippen LogP contribution < -0.4 is 5.73 Å². The molecule has 0 aromatic carbocycles. The van der Waals surface area contributed by atoms with E-state index in [2.05, 4.69) is 11.3 Å². The second-order valence-electron chi connectivity index (χ2n) is 1.61. The molecule has 0 bridgehead atoms. The molecule has 0 aliphatic carbocycles. The summed E-state index contributed by atoms with van der Waals surface area (Å²) in [6.07, 6.45) is 1.23. The van der Waals surface area contributed by atoms with E-state index >= 15 is 0 Å². The Hall–Kier alpha value is -0.830. The van der Waals surface area contributed by atoms with E-state index in [1.165, 1.54) is 6.08 Å². The minimum atomic E-state index is -0.512. The number of hydrogen-bond donors (Lipinski definition) is 0. The van der Waals surface area contributed by atoms with Crippen molar-refractivity contribution in [1.82, 2.24) is 5.73 Å². The van der Waals surface area contributed by atoms with E-state index in [0.717, 1.165) is 0 Å². The monoisotopic (exact) mass is 128 g/mol. The van der Waals surface area contributed by atoms with E-state index in [1.54, 1.807) is 6.92 Å². The van der Waals surface area contributed by atoms with Gasteiger partial charge in [-0.25, -0.2) is 5.73 Å². The lowest BCUT2D eigenvalue weighted by molar-refractivity contribution is -0.144. The molecular formula is C6H10NO2. The molecule has 0 amide bonds. The number of carbonyl (C=O) groups is 1. The Kier molecular flexibility index (Phi) is 3.71. The number of nitrogens with one attached hydrogen (secondary N) is 1. The van der Waals surface area contributed by atoms with Crippen LogP contribution in [0.15, 0.2) is 12.7 Å². The van der Waals surface area contributed by atoms with Gasteiger partial charge in [0.25, 0.3) is 0 Å². The zero-order chi connectivity index (χ0) is 7.28. The van der Waals surface area contributed by atoms with Gasteiger partial charge in [0.1, 0.15) is 12.6 Å². The van der Waals surface area contributed by atoms with Crippen LogP contribution in [0.5, 0.6) is 0 Å². The molecule has 0 saturated heterocycles. The van der Waals surface area contributed by atoms with Crippen LogP contribution in [0.3, 0.4) is 0 Å². The van der Waals surface area contributed by atoms with E-state index in [4.69, 9.17) is 5.73 Å². The van der Waals surface area contributed by atoms with Crippen molar-refractivity contribution in [2.75, 3.05) is 6.54 Å². The van der Waals surface area contributed by atoms with Crippen molar-refractivity contribution in [2.24, 2.45) is 0 Å². The van der Waals surface area contributed by atoms with Crippen LogP contribution in [0.2, 0.25) is 0 Å². The van der Waals surface area contributed by atoms with Crippen molar-refractivity contribution in [1.29, 1.82) is 0 Å². The molecule has 3 heteroatoms. The zero-order valence-corrected chi connectivity index (χ0v) is 5.39. The largest absolute Gasteiger partial charge is 0.457 e. The smallest absolute Gasteiger partial charge is 0.321 e. The van der Waals surface area contributed by atoms with Crippen molar-refractivity contribution in [3.8, 4) is 0 Å². The van der Waals surface area contributed by atoms with Gasteiger partial charge in [0.15, 0.2) is 0 Å². The summed E-state index contributed by atoms with van der Waals surface area (Å²) in [5.41, 5.74) is 6.57. The molecule has 51 valence electrons. The predicted molar refractivity (Wildman–Crippen MR) is 33.7 cm³/mol. The van der Waals surface area contributed by atoms with Crippen LogP contribution in [0.25, 0.3) is 0 Å². The number of ether oxygens (including phenoxy) is 1. The standard InChI is InChI=1S/C6H10NO2/c1-3-5(2)9-6(8)4-7/h3,5,7H,1,4H2,2H3. The maximum atomic E-state index is 10.3. The fraction of sp³-hybridized carbons (Fsp3) is 0.500. The van der Waals surface area contributed by atoms with Gasteiger partial charge in [0.05, 0.1) is 0 Å². The van der Waals surface area contributed by atoms with E-state index in [-0.39, 0.29) is 12.6 Å². The minimum absolute atomic E-state index is 0.275. The molecule has 1 radical (unpaired) electrons. The van der Waals surface area contributed by atoms with Crippen molar-refractivity contribution in [3.63, 3.8) is 0 Å². The lowest BCUT2D eigenvalue weighted by atomic mass is 10.4. The predicted octanol–water partition coefficient (Wildman–Crippen LogP) is 0.387. The number of esters is 1. The highest BCUT2D eigenvalue weighted by Gasteiger charge is 2.01. The van der Waals surface area contributed by atoms with Crippen LogP contribution in [0.1, 0.15) is 6.92 Å². The van der Waals surface area contributed by atoms with E-state index in [0.29, 0.717) is 0 Å². The molecule has 0 aliphatic rings. The molecule has 1 atom stereocenters. The average molecular weight is 128 g/mol. The minimum Gasteiger partial charge on any atom is -0.457 e. The second-order valence-corrected chi connectivity index (χ2v) is 1.61. The Bertz CT molecular complexity index is 112. The second kappa shape index (κ2) is 4.09. The first kappa shape index (κ1) is 8.17. The summed E-state index contributed by atoms with van der Waals surface area (Å²) in [5, 5.41) is 0. The molecule has 0 aromatic rings. The first-order chi connectivity index (χ1) is 4.20. The lowest BCUT2D eigenvalue weighted by Gasteiger charge is -2.05. The van der Waals surface area contributed by atoms with Gasteiger partial charge in [0, 0.05) is 0 Å². The summed E-state index contributed by atoms with van der Waals surface area (Å²) < 4.78 is 4.60. The third kappa shape index (κ3) is 3.73. The van der Waals surface area contributed by atoms with E-state index in [9.17, 15) is 4.79 Å². The fourth-order valence-corrected chi connectivity index (χ4v) is 0.297. The summed E-state index contributed by atoms with van der Waals surface area (Å²) in [6, 6.07) is 0. The zero-order valence-electron chi connectivity index (χ0n) is 5.39. The molecule has 1 unspecified atom stereocenters. The molecule has 0 fully saturated rings. The molecule has 0 spiro atoms. The Morgan fingerprint density at radius 2 is 2.56 bits per heavy atom. The van der Waals surface area contributed by atoms with Crippen LogP contribution in [0, 0.1) is 0 Å². The van der Waals surface area contributed by atoms with Gasteiger partial charge in [-0.15, -0.1) is 0 Å². The first-order valence-electron chi connectivity index (χ1n) is 2.67. The number of rotatable bonds is 3. The highest BCUT2D eigenvalue weighted by Crippen LogP contribution is 1.89. The summed E-state index contributed by atoms with van der Waals surface area (Å²) in [5.74, 6) is -0.512. The third-order valence-electron chi connectivity index (χ3n) is 0.794. The summed E-state index contributed by atoms with van der Waals surface area (Å²) in [7, 11) is 0. The molecular weight excluding hydrogens is 118 g/mol. The SMILES string of the molecule is C=CC(C)OC(=O)C[NH]. The normalized spacial score (nSPS) is 12.2. The Labute approximate surface area is 54.5 Å². The topological polar surface area (TPSA) is 50.1 Å². The van der Waals surface area contributed by atoms with Gasteiger partial charge in [-0.05, 0) is 6.92 Å². The van der Waals surface area contributed by atoms with Gasteiger partial charge in [-0.2, -0.15) is 0 Å². The highest BCUT2D eigenvalue weighted by atomic mass is 16.5. The molecule has 1 N–H and O–H groups in total. The van der Waals surface area contributed by atoms with E-state index < -0.39 is 5.97 Å². The summed E-state index contributed by atoms with van der Waals surface area (Å²) in [4.78, 5) is 10.3. The van der Waals surface area contributed by atoms with Crippen LogP contribution >= 0.6 is 0 Å². The lowest BCUT2D eigenvalue weighted by Crippen LogP contribution is -2.15. The van der Waals surface area contributed by atoms with Gasteiger partial charge in [-0.3, -0.25) is 4.79 Å². The molecule has 0 rings (SSSR count). The van der Waals surface area contributed by atoms with Gasteiger partial charge in [0.2, 0.25) is 0 Å². The molecule has 0 aliphatic heterocycles. The molecule has 3 nitrogen and oxygen atoms in total. The third-order valence-corrected chi connectivity index (χ3v) is 0.794. The Balaban J connectivity index is 3.46. The van der Waals surface area contributed by atoms with Crippen molar-refractivity contribution >= 4 is 5.97 Å². The highest BCUT2D eigenvalue weighted by molar-refractivity contribution is 5.71. The Morgan fingerprint density at radius 3 is 2.89 bits per heavy atom. The first-order valence-corrected chi connectivity index (χ1v) is 2.67. The summed E-state index contributed by atoms with van der Waals surface area (Å²) >= 11 is 0. The molecule has 0 aromatic heterocycles. The van der Waals surface area contributed by atoms with Gasteiger partial charge in [-0.1, -0.05) is 12.7 Å². The van der Waals surface area contributed by atoms with Gasteiger partial charge >= 0.3 is 5.97 Å². The summed E-state index contributed by atoms with van der Waals surface area (Å²) in [6.45, 7) is 4.78. The molecule has 0 heterocycles. The van der Waals surface area contributed by atoms with Crippen LogP contribution in [-0.4, -0.2) is 18.6 Å². The van der Waals surface area contributed by atoms with Crippen molar-refractivity contribution in [2.45, 2.75) is 13.0 Å². The van der Waals surface area contributed by atoms with Crippen LogP contribution in [-0.2, 0) is 9.53 Å². The van der Waals surface area contributed by atoms with Crippen molar-refractivity contribution in [3.05, 3.63) is 12.7 Å². The van der Waals surface area contributed by atoms with Crippen molar-refractivity contribution < 1.29 is 9.53 Å². The van der Waals surface area contributed by atoms with Gasteiger partial charge < -0.3 is 4.74 Å². The quantitative estimate of drug-likeness (QED) is 0.407. The Morgan fingerprint density at radius 1 is 2.00 bits per heavy atom. The number of carbonyl (C=O) groups excluding carboxylic acids is 1. The van der Waals surface area contributed by atoms with Crippen LogP contribution in [0.4, 0.5) is 0 Å². The maximum Gasteiger partial charge on any atom is 0.321 e. The molecule has 0 saturated carbocycles. The average Bonchev–Trinajstić information content (AvgIpc) is 1.87. The fourth-order valence-electron chi connectivity index (χ4n) is 0.297. The molecule has 9 heavy (non-hydrogen) atoms. The number of hydrogen-bond acceptors (Lipinski definition) is 2. The van der Waals surface area contributed by atoms with E-state index in [1.807, 2.05) is 0 Å². The maximum absolute atomic E-state index is 10.3.